The van der Waals surface area contributed by atoms with Gasteiger partial charge in [-0.25, -0.2) is 4.79 Å². The number of piperidine rings is 1. The summed E-state index contributed by atoms with van der Waals surface area (Å²) in [6.45, 7) is 4.53. The van der Waals surface area contributed by atoms with Crippen molar-refractivity contribution in [3.63, 3.8) is 0 Å². The summed E-state index contributed by atoms with van der Waals surface area (Å²) in [6.07, 6.45) is 5.57. The third kappa shape index (κ3) is 3.09. The lowest BCUT2D eigenvalue weighted by molar-refractivity contribution is -0.144. The van der Waals surface area contributed by atoms with E-state index in [0.29, 0.717) is 11.8 Å². The van der Waals surface area contributed by atoms with Crippen LogP contribution in [-0.2, 0) is 15.1 Å². The van der Waals surface area contributed by atoms with Gasteiger partial charge in [0.2, 0.25) is 5.91 Å². The first-order chi connectivity index (χ1) is 13.4. The third-order valence-corrected chi connectivity index (χ3v) is 6.98. The predicted octanol–water partition coefficient (Wildman–Crippen LogP) is 2.88. The molecule has 1 aliphatic carbocycles. The molecule has 28 heavy (non-hydrogen) atoms. The molecule has 4 rings (SSSR count). The normalized spacial score (nSPS) is 32.9. The summed E-state index contributed by atoms with van der Waals surface area (Å²) in [4.78, 5) is 41.8. The topological polar surface area (TPSA) is 69.7 Å². The molecule has 4 unspecified atom stereocenters. The molecule has 6 heteroatoms. The molecule has 3 aliphatic rings. The molecule has 4 atom stereocenters. The van der Waals surface area contributed by atoms with E-state index in [1.807, 2.05) is 35.2 Å². The number of carbonyl (C=O) groups is 3. The number of urea groups is 1. The Hall–Kier alpha value is -2.37. The van der Waals surface area contributed by atoms with Crippen LogP contribution in [0.5, 0.6) is 0 Å². The lowest BCUT2D eigenvalue weighted by Crippen LogP contribution is -2.55. The summed E-state index contributed by atoms with van der Waals surface area (Å²) >= 11 is 0. The fraction of sp³-hybridized carbons (Fsp3) is 0.591. The zero-order valence-corrected chi connectivity index (χ0v) is 16.7. The lowest BCUT2D eigenvalue weighted by atomic mass is 9.72. The molecule has 1 N–H and O–H groups in total. The molecule has 150 valence electrons. The van der Waals surface area contributed by atoms with Gasteiger partial charge in [-0.05, 0) is 43.6 Å². The van der Waals surface area contributed by atoms with E-state index in [9.17, 15) is 14.4 Å². The van der Waals surface area contributed by atoms with E-state index >= 15 is 0 Å². The molecule has 2 saturated heterocycles. The number of hydrogen-bond donors (Lipinski definition) is 1. The van der Waals surface area contributed by atoms with E-state index in [1.165, 1.54) is 12.8 Å². The number of fused-ring (bicyclic) bond motifs is 1. The molecule has 0 spiro atoms. The Bertz CT molecular complexity index is 780. The Kier molecular flexibility index (Phi) is 4.89. The molecule has 1 aromatic rings. The zero-order valence-electron chi connectivity index (χ0n) is 16.7. The molecule has 1 saturated carbocycles. The maximum atomic E-state index is 13.1. The third-order valence-electron chi connectivity index (χ3n) is 6.98. The van der Waals surface area contributed by atoms with Crippen molar-refractivity contribution in [3.05, 3.63) is 35.9 Å². The summed E-state index contributed by atoms with van der Waals surface area (Å²) in [7, 11) is 0. The van der Waals surface area contributed by atoms with Crippen molar-refractivity contribution in [2.24, 2.45) is 11.8 Å². The van der Waals surface area contributed by atoms with Gasteiger partial charge in [-0.3, -0.25) is 14.5 Å². The van der Waals surface area contributed by atoms with Crippen LogP contribution in [0.4, 0.5) is 4.79 Å². The minimum atomic E-state index is -1.12. The van der Waals surface area contributed by atoms with Crippen LogP contribution in [0.25, 0.3) is 0 Å². The van der Waals surface area contributed by atoms with Crippen LogP contribution >= 0.6 is 0 Å². The molecular weight excluding hydrogens is 354 g/mol. The van der Waals surface area contributed by atoms with Gasteiger partial charge < -0.3 is 10.2 Å². The van der Waals surface area contributed by atoms with E-state index < -0.39 is 11.6 Å². The molecule has 2 heterocycles. The highest BCUT2D eigenvalue weighted by molar-refractivity contribution is 6.09. The predicted molar refractivity (Wildman–Crippen MR) is 105 cm³/mol. The summed E-state index contributed by atoms with van der Waals surface area (Å²) in [6, 6.07) is 8.96. The maximum Gasteiger partial charge on any atom is 0.325 e. The molecule has 2 aliphatic heterocycles. The van der Waals surface area contributed by atoms with Crippen molar-refractivity contribution in [2.75, 3.05) is 13.1 Å². The maximum absolute atomic E-state index is 13.1. The average Bonchev–Trinajstić information content (AvgIpc) is 2.93. The van der Waals surface area contributed by atoms with Gasteiger partial charge in [-0.1, -0.05) is 50.1 Å². The number of nitrogens with zero attached hydrogens (tertiary/aromatic N) is 2. The Morgan fingerprint density at radius 3 is 2.61 bits per heavy atom. The van der Waals surface area contributed by atoms with Crippen LogP contribution in [0.15, 0.2) is 30.3 Å². The number of likely N-dealkylation sites (tertiary alicyclic amines) is 1. The van der Waals surface area contributed by atoms with Crippen LogP contribution < -0.4 is 5.32 Å². The van der Waals surface area contributed by atoms with Gasteiger partial charge >= 0.3 is 6.03 Å². The molecule has 4 amide bonds. The van der Waals surface area contributed by atoms with Gasteiger partial charge in [0.1, 0.15) is 12.1 Å². The average molecular weight is 383 g/mol. The van der Waals surface area contributed by atoms with Crippen LogP contribution in [-0.4, -0.2) is 46.8 Å². The van der Waals surface area contributed by atoms with E-state index in [4.69, 9.17) is 0 Å². The van der Waals surface area contributed by atoms with Crippen LogP contribution in [0.2, 0.25) is 0 Å². The number of hydrogen-bond acceptors (Lipinski definition) is 3. The highest BCUT2D eigenvalue weighted by Crippen LogP contribution is 2.39. The Balaban J connectivity index is 1.50. The first-order valence-electron chi connectivity index (χ1n) is 10.4. The van der Waals surface area contributed by atoms with E-state index in [2.05, 4.69) is 12.2 Å². The van der Waals surface area contributed by atoms with Crippen molar-refractivity contribution in [1.82, 2.24) is 15.1 Å². The minimum Gasteiger partial charge on any atom is -0.338 e. The van der Waals surface area contributed by atoms with Crippen molar-refractivity contribution in [2.45, 2.75) is 57.5 Å². The van der Waals surface area contributed by atoms with Gasteiger partial charge in [-0.2, -0.15) is 0 Å². The Morgan fingerprint density at radius 2 is 1.86 bits per heavy atom. The standard InChI is InChI=1S/C22H29N3O3/c1-15-12-13-24(18-11-7-6-10-17(15)18)19(26)14-25-20(27)22(2,23-21(25)28)16-8-4-3-5-9-16/h3-5,8-9,15,17-18H,6-7,10-14H2,1-2H3,(H,23,28). The monoisotopic (exact) mass is 383 g/mol. The Morgan fingerprint density at radius 1 is 1.14 bits per heavy atom. The summed E-state index contributed by atoms with van der Waals surface area (Å²) in [5, 5.41) is 2.78. The molecule has 0 radical (unpaired) electrons. The van der Waals surface area contributed by atoms with Gasteiger partial charge in [-0.15, -0.1) is 0 Å². The number of nitrogens with one attached hydrogen (secondary N) is 1. The second-order valence-electron chi connectivity index (χ2n) is 8.68. The molecule has 0 aromatic heterocycles. The van der Waals surface area contributed by atoms with Crippen molar-refractivity contribution in [1.29, 1.82) is 0 Å². The van der Waals surface area contributed by atoms with Crippen molar-refractivity contribution in [3.8, 4) is 0 Å². The van der Waals surface area contributed by atoms with Gasteiger partial charge in [0, 0.05) is 12.6 Å². The van der Waals surface area contributed by atoms with Crippen LogP contribution in [0.1, 0.15) is 51.5 Å². The van der Waals surface area contributed by atoms with Gasteiger partial charge in [0.05, 0.1) is 0 Å². The quantitative estimate of drug-likeness (QED) is 0.816. The fourth-order valence-corrected chi connectivity index (χ4v) is 5.26. The van der Waals surface area contributed by atoms with E-state index in [0.717, 1.165) is 36.3 Å². The smallest absolute Gasteiger partial charge is 0.325 e. The number of amides is 4. The van der Waals surface area contributed by atoms with Crippen LogP contribution in [0.3, 0.4) is 0 Å². The van der Waals surface area contributed by atoms with Gasteiger partial charge in [0.15, 0.2) is 0 Å². The van der Waals surface area contributed by atoms with E-state index in [1.54, 1.807) is 6.92 Å². The zero-order chi connectivity index (χ0) is 19.9. The number of rotatable bonds is 3. The van der Waals surface area contributed by atoms with Crippen molar-refractivity contribution < 1.29 is 14.4 Å². The van der Waals surface area contributed by atoms with Gasteiger partial charge in [0.25, 0.3) is 5.91 Å². The van der Waals surface area contributed by atoms with E-state index in [-0.39, 0.29) is 24.4 Å². The lowest BCUT2D eigenvalue weighted by Gasteiger charge is -2.47. The highest BCUT2D eigenvalue weighted by atomic mass is 16.2. The largest absolute Gasteiger partial charge is 0.338 e. The SMILES string of the molecule is CC1CCN(C(=O)CN2C(=O)NC(C)(c3ccccc3)C2=O)C2CCCCC12. The molecule has 0 bridgehead atoms. The number of imide groups is 1. The second kappa shape index (κ2) is 7.22. The fourth-order valence-electron chi connectivity index (χ4n) is 5.26. The van der Waals surface area contributed by atoms with Crippen LogP contribution in [0, 0.1) is 11.8 Å². The molecule has 3 fully saturated rings. The second-order valence-corrected chi connectivity index (χ2v) is 8.68. The molecular formula is C22H29N3O3. The molecule has 6 nitrogen and oxygen atoms in total. The molecule has 1 aromatic carbocycles. The van der Waals surface area contributed by atoms with Crippen molar-refractivity contribution >= 4 is 17.8 Å². The highest BCUT2D eigenvalue weighted by Gasteiger charge is 2.50. The number of carbonyl (C=O) groups excluding carboxylic acids is 3. The first-order valence-corrected chi connectivity index (χ1v) is 10.4. The summed E-state index contributed by atoms with van der Waals surface area (Å²) in [5.41, 5.74) is -0.398. The summed E-state index contributed by atoms with van der Waals surface area (Å²) < 4.78 is 0. The Labute approximate surface area is 166 Å². The minimum absolute atomic E-state index is 0.107. The summed E-state index contributed by atoms with van der Waals surface area (Å²) in [5.74, 6) is 0.712. The number of benzene rings is 1. The first kappa shape index (κ1) is 19.0.